The zero-order valence-corrected chi connectivity index (χ0v) is 11.4. The van der Waals surface area contributed by atoms with E-state index in [1.54, 1.807) is 11.3 Å². The van der Waals surface area contributed by atoms with Crippen LogP contribution in [-0.4, -0.2) is 9.78 Å². The number of hydrogen-bond acceptors (Lipinski definition) is 3. The summed E-state index contributed by atoms with van der Waals surface area (Å²) in [5.41, 5.74) is 8.56. The highest BCUT2D eigenvalue weighted by Gasteiger charge is 2.16. The average molecular weight is 249 g/mol. The molecule has 2 heterocycles. The Morgan fingerprint density at radius 1 is 1.41 bits per heavy atom. The Labute approximate surface area is 106 Å². The number of nitrogens with zero attached hydrogens (tertiary/aromatic N) is 2. The first kappa shape index (κ1) is 12.3. The molecule has 0 saturated heterocycles. The van der Waals surface area contributed by atoms with Gasteiger partial charge in [0.25, 0.3) is 0 Å². The molecule has 2 N–H and O–H groups in total. The quantitative estimate of drug-likeness (QED) is 0.905. The Hall–Kier alpha value is -1.13. The molecule has 0 radical (unpaired) electrons. The van der Waals surface area contributed by atoms with Crippen molar-refractivity contribution in [3.63, 3.8) is 0 Å². The highest BCUT2D eigenvalue weighted by molar-refractivity contribution is 7.12. The first-order chi connectivity index (χ1) is 8.15. The maximum absolute atomic E-state index is 6.32. The van der Waals surface area contributed by atoms with Crippen molar-refractivity contribution in [2.24, 2.45) is 5.73 Å². The Balaban J connectivity index is 2.35. The first-order valence-corrected chi connectivity index (χ1v) is 6.85. The summed E-state index contributed by atoms with van der Waals surface area (Å²) in [6.45, 7) is 7.19. The van der Waals surface area contributed by atoms with E-state index in [1.807, 2.05) is 4.68 Å². The number of aryl methyl sites for hydroxylation is 3. The zero-order chi connectivity index (χ0) is 12.4. The van der Waals surface area contributed by atoms with Crippen LogP contribution in [0.3, 0.4) is 0 Å². The fourth-order valence-corrected chi connectivity index (χ4v) is 2.82. The summed E-state index contributed by atoms with van der Waals surface area (Å²) in [6.07, 6.45) is 0.955. The lowest BCUT2D eigenvalue weighted by Crippen LogP contribution is -2.15. The number of aromatic nitrogens is 2. The summed E-state index contributed by atoms with van der Waals surface area (Å²) in [4.78, 5) is 2.51. The van der Waals surface area contributed by atoms with Crippen LogP contribution in [0, 0.1) is 6.92 Å². The summed E-state index contributed by atoms with van der Waals surface area (Å²) in [5.74, 6) is 0. The van der Waals surface area contributed by atoms with Gasteiger partial charge in [0.05, 0.1) is 17.4 Å². The molecule has 0 amide bonds. The van der Waals surface area contributed by atoms with Crippen LogP contribution in [0.1, 0.15) is 41.0 Å². The van der Waals surface area contributed by atoms with Crippen molar-refractivity contribution in [3.05, 3.63) is 39.3 Å². The Bertz CT molecular complexity index is 498. The number of rotatable bonds is 4. The summed E-state index contributed by atoms with van der Waals surface area (Å²) in [6, 6.07) is 6.31. The van der Waals surface area contributed by atoms with E-state index in [4.69, 9.17) is 5.73 Å². The van der Waals surface area contributed by atoms with E-state index >= 15 is 0 Å². The summed E-state index contributed by atoms with van der Waals surface area (Å²) in [7, 11) is 0. The normalized spacial score (nSPS) is 12.9. The van der Waals surface area contributed by atoms with E-state index < -0.39 is 0 Å². The van der Waals surface area contributed by atoms with E-state index in [1.165, 1.54) is 9.75 Å². The SMILES string of the molecule is CCc1cc(C(N)c2ccc(C)s2)n(CC)n1. The molecule has 0 fully saturated rings. The maximum atomic E-state index is 6.32. The molecule has 3 nitrogen and oxygen atoms in total. The lowest BCUT2D eigenvalue weighted by molar-refractivity contribution is 0.597. The summed E-state index contributed by atoms with van der Waals surface area (Å²) in [5, 5.41) is 4.54. The Morgan fingerprint density at radius 3 is 2.71 bits per heavy atom. The van der Waals surface area contributed by atoms with Gasteiger partial charge < -0.3 is 5.73 Å². The summed E-state index contributed by atoms with van der Waals surface area (Å²) >= 11 is 1.76. The highest BCUT2D eigenvalue weighted by atomic mass is 32.1. The van der Waals surface area contributed by atoms with Gasteiger partial charge in [-0.05, 0) is 38.5 Å². The molecule has 0 aliphatic rings. The third kappa shape index (κ3) is 2.42. The van der Waals surface area contributed by atoms with Gasteiger partial charge in [0, 0.05) is 16.3 Å². The molecule has 0 bridgehead atoms. The number of thiophene rings is 1. The van der Waals surface area contributed by atoms with Crippen LogP contribution in [0.4, 0.5) is 0 Å². The Kier molecular flexibility index (Phi) is 3.64. The molecular weight excluding hydrogens is 230 g/mol. The minimum atomic E-state index is -0.0542. The van der Waals surface area contributed by atoms with Crippen molar-refractivity contribution >= 4 is 11.3 Å². The first-order valence-electron chi connectivity index (χ1n) is 6.04. The van der Waals surface area contributed by atoms with Crippen LogP contribution in [-0.2, 0) is 13.0 Å². The molecule has 2 aromatic heterocycles. The molecule has 1 atom stereocenters. The maximum Gasteiger partial charge on any atom is 0.0817 e. The third-order valence-electron chi connectivity index (χ3n) is 2.91. The van der Waals surface area contributed by atoms with Crippen molar-refractivity contribution in [2.75, 3.05) is 0 Å². The van der Waals surface area contributed by atoms with Crippen molar-refractivity contribution in [3.8, 4) is 0 Å². The molecule has 17 heavy (non-hydrogen) atoms. The molecule has 2 rings (SSSR count). The topological polar surface area (TPSA) is 43.8 Å². The highest BCUT2D eigenvalue weighted by Crippen LogP contribution is 2.26. The van der Waals surface area contributed by atoms with Crippen molar-refractivity contribution in [1.82, 2.24) is 9.78 Å². The van der Waals surface area contributed by atoms with Gasteiger partial charge in [0.2, 0.25) is 0 Å². The molecule has 92 valence electrons. The van der Waals surface area contributed by atoms with Crippen LogP contribution in [0.25, 0.3) is 0 Å². The number of hydrogen-bond donors (Lipinski definition) is 1. The smallest absolute Gasteiger partial charge is 0.0817 e. The van der Waals surface area contributed by atoms with Crippen LogP contribution in [0.5, 0.6) is 0 Å². The van der Waals surface area contributed by atoms with E-state index in [-0.39, 0.29) is 6.04 Å². The van der Waals surface area contributed by atoms with E-state index in [2.05, 4.69) is 44.1 Å². The summed E-state index contributed by atoms with van der Waals surface area (Å²) < 4.78 is 2.01. The van der Waals surface area contributed by atoms with Crippen LogP contribution < -0.4 is 5.73 Å². The minimum Gasteiger partial charge on any atom is -0.318 e. The van der Waals surface area contributed by atoms with Gasteiger partial charge in [-0.3, -0.25) is 4.68 Å². The second kappa shape index (κ2) is 5.02. The predicted octanol–water partition coefficient (Wildman–Crippen LogP) is 2.88. The standard InChI is InChI=1S/C13H19N3S/c1-4-10-8-11(16(5-2)15-10)13(14)12-7-6-9(3)17-12/h6-8,13H,4-5,14H2,1-3H3. The van der Waals surface area contributed by atoms with Gasteiger partial charge in [-0.1, -0.05) is 6.92 Å². The van der Waals surface area contributed by atoms with Crippen molar-refractivity contribution in [1.29, 1.82) is 0 Å². The van der Waals surface area contributed by atoms with Gasteiger partial charge in [-0.15, -0.1) is 11.3 Å². The molecule has 0 spiro atoms. The average Bonchev–Trinajstić information content (AvgIpc) is 2.93. The van der Waals surface area contributed by atoms with Crippen molar-refractivity contribution in [2.45, 2.75) is 39.8 Å². The largest absolute Gasteiger partial charge is 0.318 e. The molecular formula is C13H19N3S. The minimum absolute atomic E-state index is 0.0542. The molecule has 2 aromatic rings. The van der Waals surface area contributed by atoms with Gasteiger partial charge >= 0.3 is 0 Å². The van der Waals surface area contributed by atoms with E-state index in [0.29, 0.717) is 0 Å². The molecule has 1 unspecified atom stereocenters. The van der Waals surface area contributed by atoms with E-state index in [0.717, 1.165) is 24.4 Å². The third-order valence-corrected chi connectivity index (χ3v) is 3.99. The fourth-order valence-electron chi connectivity index (χ4n) is 1.93. The van der Waals surface area contributed by atoms with Crippen LogP contribution in [0.15, 0.2) is 18.2 Å². The fraction of sp³-hybridized carbons (Fsp3) is 0.462. The van der Waals surface area contributed by atoms with Crippen LogP contribution in [0.2, 0.25) is 0 Å². The van der Waals surface area contributed by atoms with Crippen molar-refractivity contribution < 1.29 is 0 Å². The van der Waals surface area contributed by atoms with Crippen LogP contribution >= 0.6 is 11.3 Å². The molecule has 4 heteroatoms. The van der Waals surface area contributed by atoms with Gasteiger partial charge in [-0.25, -0.2) is 0 Å². The monoisotopic (exact) mass is 249 g/mol. The van der Waals surface area contributed by atoms with Gasteiger partial charge in [0.15, 0.2) is 0 Å². The second-order valence-corrected chi connectivity index (χ2v) is 5.48. The molecule has 0 aliphatic heterocycles. The van der Waals surface area contributed by atoms with Gasteiger partial charge in [0.1, 0.15) is 0 Å². The molecule has 0 aromatic carbocycles. The van der Waals surface area contributed by atoms with Gasteiger partial charge in [-0.2, -0.15) is 5.10 Å². The lowest BCUT2D eigenvalue weighted by Gasteiger charge is -2.11. The predicted molar refractivity (Wildman–Crippen MR) is 72.4 cm³/mol. The molecule has 0 aliphatic carbocycles. The molecule has 0 saturated carbocycles. The lowest BCUT2D eigenvalue weighted by atomic mass is 10.1. The van der Waals surface area contributed by atoms with E-state index in [9.17, 15) is 0 Å². The number of nitrogens with two attached hydrogens (primary N) is 1. The zero-order valence-electron chi connectivity index (χ0n) is 10.6. The second-order valence-electron chi connectivity index (χ2n) is 4.16. The Morgan fingerprint density at radius 2 is 2.18 bits per heavy atom.